The van der Waals surface area contributed by atoms with Crippen LogP contribution >= 0.6 is 15.9 Å². The minimum atomic E-state index is -1.06. The number of urea groups is 1. The number of carboxylic acid groups (broad SMARTS) is 1. The lowest BCUT2D eigenvalue weighted by Gasteiger charge is -2.35. The van der Waals surface area contributed by atoms with Crippen molar-refractivity contribution in [2.45, 2.75) is 20.3 Å². The van der Waals surface area contributed by atoms with Crippen LogP contribution in [0.4, 0.5) is 10.5 Å². The Bertz CT molecular complexity index is 562. The molecule has 6 heteroatoms. The largest absolute Gasteiger partial charge is 0.478 e. The number of halogens is 1. The number of carboxylic acids is 1. The number of hydrogen-bond acceptors (Lipinski definition) is 2. The molecule has 1 fully saturated rings. The van der Waals surface area contributed by atoms with Crippen molar-refractivity contribution < 1.29 is 14.7 Å². The van der Waals surface area contributed by atoms with E-state index in [2.05, 4.69) is 35.1 Å². The SMILES string of the molecule is CC1CCN(C(=O)Nc2cc(Br)ccc2C(=O)O)CC1C. The number of carbonyl (C=O) groups excluding carboxylic acids is 1. The van der Waals surface area contributed by atoms with Gasteiger partial charge in [-0.3, -0.25) is 0 Å². The van der Waals surface area contributed by atoms with E-state index in [-0.39, 0.29) is 11.6 Å². The predicted molar refractivity (Wildman–Crippen MR) is 84.6 cm³/mol. The number of carbonyl (C=O) groups is 2. The summed E-state index contributed by atoms with van der Waals surface area (Å²) in [6.07, 6.45) is 0.971. The average molecular weight is 355 g/mol. The fraction of sp³-hybridized carbons (Fsp3) is 0.467. The highest BCUT2D eigenvalue weighted by Crippen LogP contribution is 2.25. The van der Waals surface area contributed by atoms with Crippen molar-refractivity contribution in [3.05, 3.63) is 28.2 Å². The molecule has 1 aromatic rings. The first kappa shape index (κ1) is 15.8. The van der Waals surface area contributed by atoms with Gasteiger partial charge < -0.3 is 15.3 Å². The molecule has 1 saturated heterocycles. The first-order chi connectivity index (χ1) is 9.88. The minimum absolute atomic E-state index is 0.0879. The zero-order valence-electron chi connectivity index (χ0n) is 12.1. The first-order valence-electron chi connectivity index (χ1n) is 6.97. The molecule has 2 amide bonds. The molecule has 0 aromatic heterocycles. The molecule has 1 heterocycles. The predicted octanol–water partition coefficient (Wildman–Crippen LogP) is 3.66. The number of anilines is 1. The summed E-state index contributed by atoms with van der Waals surface area (Å²) in [5, 5.41) is 11.9. The number of aromatic carboxylic acids is 1. The molecule has 2 rings (SSSR count). The average Bonchev–Trinajstić information content (AvgIpc) is 2.41. The third-order valence-corrected chi connectivity index (χ3v) is 4.57. The van der Waals surface area contributed by atoms with Crippen molar-refractivity contribution >= 4 is 33.6 Å². The Hall–Kier alpha value is -1.56. The van der Waals surface area contributed by atoms with Crippen molar-refractivity contribution in [2.75, 3.05) is 18.4 Å². The number of likely N-dealkylation sites (tertiary alicyclic amines) is 1. The van der Waals surface area contributed by atoms with Crippen molar-refractivity contribution in [1.82, 2.24) is 4.90 Å². The van der Waals surface area contributed by atoms with Gasteiger partial charge in [-0.1, -0.05) is 29.8 Å². The molecular weight excluding hydrogens is 336 g/mol. The number of hydrogen-bond donors (Lipinski definition) is 2. The van der Waals surface area contributed by atoms with Gasteiger partial charge in [0.15, 0.2) is 0 Å². The van der Waals surface area contributed by atoms with Crippen molar-refractivity contribution in [3.8, 4) is 0 Å². The number of nitrogens with zero attached hydrogens (tertiary/aromatic N) is 1. The van der Waals surface area contributed by atoms with Gasteiger partial charge >= 0.3 is 12.0 Å². The molecule has 5 nitrogen and oxygen atoms in total. The summed E-state index contributed by atoms with van der Waals surface area (Å²) < 4.78 is 0.725. The molecule has 2 atom stereocenters. The maximum atomic E-state index is 12.3. The van der Waals surface area contributed by atoms with Crippen LogP contribution in [-0.4, -0.2) is 35.1 Å². The molecule has 0 radical (unpaired) electrons. The second-order valence-corrected chi connectivity index (χ2v) is 6.53. The molecule has 0 spiro atoms. The summed E-state index contributed by atoms with van der Waals surface area (Å²) in [5.74, 6) is -0.00103. The molecule has 1 aliphatic heterocycles. The number of benzene rings is 1. The molecule has 1 aromatic carbocycles. The lowest BCUT2D eigenvalue weighted by atomic mass is 9.89. The highest BCUT2D eigenvalue weighted by atomic mass is 79.9. The molecule has 1 aliphatic rings. The summed E-state index contributed by atoms with van der Waals surface area (Å²) >= 11 is 3.29. The van der Waals surface area contributed by atoms with Gasteiger partial charge in [0.25, 0.3) is 0 Å². The first-order valence-corrected chi connectivity index (χ1v) is 7.76. The Balaban J connectivity index is 2.13. The fourth-order valence-corrected chi connectivity index (χ4v) is 2.81. The van der Waals surface area contributed by atoms with Crippen LogP contribution in [0.25, 0.3) is 0 Å². The summed E-state index contributed by atoms with van der Waals surface area (Å²) in [7, 11) is 0. The van der Waals surface area contributed by atoms with Crippen LogP contribution in [0.5, 0.6) is 0 Å². The van der Waals surface area contributed by atoms with E-state index in [1.807, 2.05) is 0 Å². The smallest absolute Gasteiger partial charge is 0.337 e. The van der Waals surface area contributed by atoms with Gasteiger partial charge in [0.2, 0.25) is 0 Å². The Morgan fingerprint density at radius 1 is 1.33 bits per heavy atom. The number of nitrogens with one attached hydrogen (secondary N) is 1. The number of rotatable bonds is 2. The lowest BCUT2D eigenvalue weighted by molar-refractivity contribution is 0.0698. The maximum Gasteiger partial charge on any atom is 0.337 e. The van der Waals surface area contributed by atoms with E-state index in [0.717, 1.165) is 10.9 Å². The zero-order chi connectivity index (χ0) is 15.6. The Morgan fingerprint density at radius 3 is 2.67 bits per heavy atom. The monoisotopic (exact) mass is 354 g/mol. The van der Waals surface area contributed by atoms with Gasteiger partial charge in [0, 0.05) is 17.6 Å². The van der Waals surface area contributed by atoms with Crippen LogP contribution in [0, 0.1) is 11.8 Å². The van der Waals surface area contributed by atoms with Crippen LogP contribution in [0.2, 0.25) is 0 Å². The van der Waals surface area contributed by atoms with Crippen LogP contribution in [-0.2, 0) is 0 Å². The number of amides is 2. The molecule has 0 saturated carbocycles. The van der Waals surface area contributed by atoms with E-state index in [1.54, 1.807) is 17.0 Å². The van der Waals surface area contributed by atoms with E-state index in [0.29, 0.717) is 30.6 Å². The van der Waals surface area contributed by atoms with Gasteiger partial charge in [0.1, 0.15) is 0 Å². The fourth-order valence-electron chi connectivity index (χ4n) is 2.45. The zero-order valence-corrected chi connectivity index (χ0v) is 13.7. The van der Waals surface area contributed by atoms with Gasteiger partial charge in [-0.2, -0.15) is 0 Å². The third kappa shape index (κ3) is 3.75. The normalized spacial score (nSPS) is 22.0. The molecule has 21 heavy (non-hydrogen) atoms. The second kappa shape index (κ2) is 6.47. The maximum absolute atomic E-state index is 12.3. The summed E-state index contributed by atoms with van der Waals surface area (Å²) in [5.41, 5.74) is 0.401. The van der Waals surface area contributed by atoms with Crippen LogP contribution in [0.15, 0.2) is 22.7 Å². The van der Waals surface area contributed by atoms with E-state index in [4.69, 9.17) is 0 Å². The van der Waals surface area contributed by atoms with E-state index in [1.165, 1.54) is 6.07 Å². The van der Waals surface area contributed by atoms with E-state index >= 15 is 0 Å². The summed E-state index contributed by atoms with van der Waals surface area (Å²) in [4.78, 5) is 25.3. The summed E-state index contributed by atoms with van der Waals surface area (Å²) in [6.45, 7) is 5.72. The van der Waals surface area contributed by atoms with Crippen molar-refractivity contribution in [3.63, 3.8) is 0 Å². The molecular formula is C15H19BrN2O3. The standard InChI is InChI=1S/C15H19BrN2O3/c1-9-5-6-18(8-10(9)2)15(21)17-13-7-11(16)3-4-12(13)14(19)20/h3-4,7,9-10H,5-6,8H2,1-2H3,(H,17,21)(H,19,20). The van der Waals surface area contributed by atoms with Crippen molar-refractivity contribution in [1.29, 1.82) is 0 Å². The molecule has 114 valence electrons. The minimum Gasteiger partial charge on any atom is -0.478 e. The van der Waals surface area contributed by atoms with Crippen LogP contribution in [0.1, 0.15) is 30.6 Å². The summed E-state index contributed by atoms with van der Waals surface area (Å²) in [6, 6.07) is 4.48. The molecule has 2 unspecified atom stereocenters. The highest BCUT2D eigenvalue weighted by molar-refractivity contribution is 9.10. The van der Waals surface area contributed by atoms with Gasteiger partial charge in [-0.15, -0.1) is 0 Å². The van der Waals surface area contributed by atoms with Crippen molar-refractivity contribution in [2.24, 2.45) is 11.8 Å². The molecule has 2 N–H and O–H groups in total. The second-order valence-electron chi connectivity index (χ2n) is 5.61. The Kier molecular flexibility index (Phi) is 4.88. The van der Waals surface area contributed by atoms with E-state index < -0.39 is 5.97 Å². The Labute approximate surface area is 132 Å². The quantitative estimate of drug-likeness (QED) is 0.851. The van der Waals surface area contributed by atoms with Crippen LogP contribution < -0.4 is 5.32 Å². The topological polar surface area (TPSA) is 69.6 Å². The van der Waals surface area contributed by atoms with Crippen LogP contribution in [0.3, 0.4) is 0 Å². The lowest BCUT2D eigenvalue weighted by Crippen LogP contribution is -2.44. The third-order valence-electron chi connectivity index (χ3n) is 4.07. The molecule has 0 bridgehead atoms. The van der Waals surface area contributed by atoms with Gasteiger partial charge in [0.05, 0.1) is 11.3 Å². The van der Waals surface area contributed by atoms with Gasteiger partial charge in [-0.25, -0.2) is 9.59 Å². The molecule has 0 aliphatic carbocycles. The highest BCUT2D eigenvalue weighted by Gasteiger charge is 2.26. The van der Waals surface area contributed by atoms with Gasteiger partial charge in [-0.05, 0) is 36.5 Å². The van der Waals surface area contributed by atoms with E-state index in [9.17, 15) is 14.7 Å². The Morgan fingerprint density at radius 2 is 2.05 bits per heavy atom. The number of piperidine rings is 1.